The van der Waals surface area contributed by atoms with Crippen LogP contribution in [0.4, 0.5) is 10.2 Å². The van der Waals surface area contributed by atoms with Crippen molar-refractivity contribution in [2.45, 2.75) is 58.0 Å². The molecule has 2 aromatic rings. The van der Waals surface area contributed by atoms with Crippen molar-refractivity contribution in [3.05, 3.63) is 17.2 Å². The molecular formula is C20H30FN5S. The number of anilines is 1. The largest absolute Gasteiger partial charge is 0.383 e. The lowest BCUT2D eigenvalue weighted by Crippen LogP contribution is -2.26. The minimum absolute atomic E-state index is 0.325. The topological polar surface area (TPSA) is 76.7 Å². The van der Waals surface area contributed by atoms with Crippen molar-refractivity contribution in [2.24, 2.45) is 11.8 Å². The van der Waals surface area contributed by atoms with Gasteiger partial charge in [0.1, 0.15) is 11.3 Å². The van der Waals surface area contributed by atoms with Gasteiger partial charge in [-0.05, 0) is 56.4 Å². The van der Waals surface area contributed by atoms with E-state index in [-0.39, 0.29) is 5.82 Å². The average molecular weight is 392 g/mol. The third-order valence-electron chi connectivity index (χ3n) is 5.45. The van der Waals surface area contributed by atoms with Gasteiger partial charge in [-0.25, -0.2) is 14.4 Å². The van der Waals surface area contributed by atoms with Gasteiger partial charge in [-0.3, -0.25) is 4.98 Å². The van der Waals surface area contributed by atoms with E-state index < -0.39 is 0 Å². The van der Waals surface area contributed by atoms with Gasteiger partial charge in [-0.1, -0.05) is 39.0 Å². The van der Waals surface area contributed by atoms with Gasteiger partial charge in [0.25, 0.3) is 0 Å². The molecule has 0 bridgehead atoms. The number of halogens is 1. The molecule has 0 aromatic carbocycles. The number of nitrogens with zero attached hydrogens (tertiary/aromatic N) is 3. The predicted octanol–water partition coefficient (Wildman–Crippen LogP) is 3.99. The fourth-order valence-corrected chi connectivity index (χ4v) is 4.46. The molecule has 27 heavy (non-hydrogen) atoms. The van der Waals surface area contributed by atoms with E-state index in [0.717, 1.165) is 31.0 Å². The molecule has 0 amide bonds. The van der Waals surface area contributed by atoms with Crippen LogP contribution in [-0.4, -0.2) is 33.8 Å². The summed E-state index contributed by atoms with van der Waals surface area (Å²) in [5.41, 5.74) is 7.88. The molecule has 0 aliphatic carbocycles. The molecule has 3 rings (SSSR count). The fraction of sp³-hybridized carbons (Fsp3) is 0.650. The molecule has 2 atom stereocenters. The van der Waals surface area contributed by atoms with Crippen molar-refractivity contribution < 1.29 is 4.39 Å². The molecule has 0 saturated carbocycles. The summed E-state index contributed by atoms with van der Waals surface area (Å²) in [4.78, 5) is 13.5. The molecule has 1 aliphatic heterocycles. The van der Waals surface area contributed by atoms with Crippen molar-refractivity contribution in [2.75, 3.05) is 24.6 Å². The lowest BCUT2D eigenvalue weighted by atomic mass is 9.86. The Labute approximate surface area is 165 Å². The fourth-order valence-electron chi connectivity index (χ4n) is 3.88. The van der Waals surface area contributed by atoms with Crippen LogP contribution >= 0.6 is 11.8 Å². The maximum Gasteiger partial charge on any atom is 0.190 e. The number of hydrogen-bond acceptors (Lipinski definition) is 6. The number of rotatable bonds is 6. The predicted molar refractivity (Wildman–Crippen MR) is 111 cm³/mol. The van der Waals surface area contributed by atoms with Crippen LogP contribution in [0.15, 0.2) is 5.16 Å². The van der Waals surface area contributed by atoms with Crippen LogP contribution < -0.4 is 11.1 Å². The summed E-state index contributed by atoms with van der Waals surface area (Å²) in [5.74, 6) is 1.83. The minimum Gasteiger partial charge on any atom is -0.383 e. The highest BCUT2D eigenvalue weighted by Crippen LogP contribution is 2.31. The number of nitrogen functional groups attached to an aromatic ring is 1. The molecule has 1 saturated heterocycles. The molecule has 1 fully saturated rings. The Morgan fingerprint density at radius 2 is 2.04 bits per heavy atom. The Hall–Kier alpha value is -1.47. The second-order valence-corrected chi connectivity index (χ2v) is 8.59. The molecule has 0 radical (unpaired) electrons. The molecule has 3 heterocycles. The number of aryl methyl sites for hydroxylation is 1. The molecule has 148 valence electrons. The van der Waals surface area contributed by atoms with E-state index in [4.69, 9.17) is 5.73 Å². The standard InChI is InChI=1S/C20H30FN5S/c1-4-14-17(21)18-16(19(22)26-20(25-18)27-5-2)15(24-14)10-12(3)13-8-6-7-9-23-11-13/h12-13,23H,4-11H2,1-3H3,(H2,22,25,26). The van der Waals surface area contributed by atoms with E-state index in [1.807, 2.05) is 13.8 Å². The quantitative estimate of drug-likeness (QED) is 0.573. The van der Waals surface area contributed by atoms with Crippen molar-refractivity contribution in [1.82, 2.24) is 20.3 Å². The Morgan fingerprint density at radius 3 is 2.78 bits per heavy atom. The van der Waals surface area contributed by atoms with Gasteiger partial charge in [0, 0.05) is 0 Å². The van der Waals surface area contributed by atoms with Gasteiger partial charge in [-0.15, -0.1) is 0 Å². The number of hydrogen-bond donors (Lipinski definition) is 2. The number of aromatic nitrogens is 3. The SMILES string of the molecule is CCSc1nc(N)c2c(CC(C)C3CCCCNC3)nc(CC)c(F)c2n1. The summed E-state index contributed by atoms with van der Waals surface area (Å²) in [5, 5.41) is 4.66. The number of thioether (sulfide) groups is 1. The zero-order valence-corrected chi connectivity index (χ0v) is 17.3. The van der Waals surface area contributed by atoms with E-state index in [0.29, 0.717) is 45.8 Å². The Kier molecular flexibility index (Phi) is 6.87. The first-order valence-corrected chi connectivity index (χ1v) is 11.0. The molecular weight excluding hydrogens is 361 g/mol. The van der Waals surface area contributed by atoms with Gasteiger partial charge in [0.15, 0.2) is 11.0 Å². The van der Waals surface area contributed by atoms with E-state index in [1.54, 1.807) is 0 Å². The van der Waals surface area contributed by atoms with Crippen LogP contribution in [0.1, 0.15) is 51.4 Å². The maximum absolute atomic E-state index is 15.0. The second-order valence-electron chi connectivity index (χ2n) is 7.36. The van der Waals surface area contributed by atoms with Crippen LogP contribution in [-0.2, 0) is 12.8 Å². The molecule has 7 heteroatoms. The normalized spacial score (nSPS) is 19.2. The minimum atomic E-state index is -0.355. The number of nitrogens with one attached hydrogen (secondary N) is 1. The maximum atomic E-state index is 15.0. The van der Waals surface area contributed by atoms with Crippen LogP contribution in [0.3, 0.4) is 0 Å². The third-order valence-corrected chi connectivity index (χ3v) is 6.18. The van der Waals surface area contributed by atoms with Crippen molar-refractivity contribution in [3.63, 3.8) is 0 Å². The van der Waals surface area contributed by atoms with Crippen LogP contribution in [0.25, 0.3) is 10.9 Å². The zero-order valence-electron chi connectivity index (χ0n) is 16.5. The van der Waals surface area contributed by atoms with Gasteiger partial charge in [-0.2, -0.15) is 0 Å². The summed E-state index contributed by atoms with van der Waals surface area (Å²) in [7, 11) is 0. The van der Waals surface area contributed by atoms with Gasteiger partial charge >= 0.3 is 0 Å². The molecule has 0 spiro atoms. The van der Waals surface area contributed by atoms with Gasteiger partial charge in [0.05, 0.1) is 16.8 Å². The summed E-state index contributed by atoms with van der Waals surface area (Å²) < 4.78 is 15.0. The first kappa shape index (κ1) is 20.3. The van der Waals surface area contributed by atoms with Crippen LogP contribution in [0, 0.1) is 17.7 Å². The van der Waals surface area contributed by atoms with Crippen molar-refractivity contribution in [3.8, 4) is 0 Å². The molecule has 2 aromatic heterocycles. The van der Waals surface area contributed by atoms with E-state index >= 15 is 0 Å². The number of nitrogens with two attached hydrogens (primary N) is 1. The zero-order chi connectivity index (χ0) is 19.4. The van der Waals surface area contributed by atoms with Crippen molar-refractivity contribution in [1.29, 1.82) is 0 Å². The van der Waals surface area contributed by atoms with E-state index in [9.17, 15) is 4.39 Å². The van der Waals surface area contributed by atoms with Crippen molar-refractivity contribution >= 4 is 28.5 Å². The average Bonchev–Trinajstić information content (AvgIpc) is 2.93. The summed E-state index contributed by atoms with van der Waals surface area (Å²) >= 11 is 1.47. The smallest absolute Gasteiger partial charge is 0.190 e. The number of fused-ring (bicyclic) bond motifs is 1. The summed E-state index contributed by atoms with van der Waals surface area (Å²) in [6, 6.07) is 0. The Bertz CT molecular complexity index is 790. The number of pyridine rings is 1. The Balaban J connectivity index is 2.01. The lowest BCUT2D eigenvalue weighted by molar-refractivity contribution is 0.331. The van der Waals surface area contributed by atoms with E-state index in [2.05, 4.69) is 27.2 Å². The van der Waals surface area contributed by atoms with E-state index in [1.165, 1.54) is 31.0 Å². The molecule has 1 aliphatic rings. The second kappa shape index (κ2) is 9.15. The highest BCUT2D eigenvalue weighted by atomic mass is 32.2. The summed E-state index contributed by atoms with van der Waals surface area (Å²) in [6.07, 6.45) is 5.01. The van der Waals surface area contributed by atoms with Gasteiger partial charge < -0.3 is 11.1 Å². The highest BCUT2D eigenvalue weighted by molar-refractivity contribution is 7.99. The molecule has 3 N–H and O–H groups in total. The Morgan fingerprint density at radius 1 is 1.22 bits per heavy atom. The molecule has 5 nitrogen and oxygen atoms in total. The third kappa shape index (κ3) is 4.51. The summed E-state index contributed by atoms with van der Waals surface area (Å²) in [6.45, 7) is 8.33. The van der Waals surface area contributed by atoms with Crippen LogP contribution in [0.5, 0.6) is 0 Å². The van der Waals surface area contributed by atoms with Gasteiger partial charge in [0.2, 0.25) is 0 Å². The molecule has 2 unspecified atom stereocenters. The first-order chi connectivity index (χ1) is 13.0. The van der Waals surface area contributed by atoms with Crippen LogP contribution in [0.2, 0.25) is 0 Å². The monoisotopic (exact) mass is 391 g/mol. The first-order valence-electron chi connectivity index (χ1n) is 10.0. The highest BCUT2D eigenvalue weighted by Gasteiger charge is 2.24. The lowest BCUT2D eigenvalue weighted by Gasteiger charge is -2.23.